The van der Waals surface area contributed by atoms with Crippen molar-refractivity contribution in [3.8, 4) is 0 Å². The molecule has 0 aromatic heterocycles. The molecule has 2 fully saturated rings. The molecule has 2 aliphatic heterocycles. The molecule has 26 heavy (non-hydrogen) atoms. The van der Waals surface area contributed by atoms with E-state index in [4.69, 9.17) is 10.5 Å². The molecule has 0 spiro atoms. The lowest BCUT2D eigenvalue weighted by atomic mass is 9.89. The van der Waals surface area contributed by atoms with E-state index in [2.05, 4.69) is 0 Å². The van der Waals surface area contributed by atoms with Gasteiger partial charge in [0.1, 0.15) is 5.82 Å². The van der Waals surface area contributed by atoms with Gasteiger partial charge < -0.3 is 20.3 Å². The molecule has 0 saturated carbocycles. The van der Waals surface area contributed by atoms with E-state index in [0.29, 0.717) is 64.2 Å². The fraction of sp³-hybridized carbons (Fsp3) is 0.556. The van der Waals surface area contributed by atoms with Crippen molar-refractivity contribution >= 4 is 24.2 Å². The van der Waals surface area contributed by atoms with E-state index in [-0.39, 0.29) is 24.2 Å². The number of benzene rings is 1. The van der Waals surface area contributed by atoms with Crippen molar-refractivity contribution in [1.29, 1.82) is 0 Å². The molecule has 2 saturated heterocycles. The highest BCUT2D eigenvalue weighted by molar-refractivity contribution is 5.94. The molecule has 144 valence electrons. The van der Waals surface area contributed by atoms with E-state index in [9.17, 15) is 14.0 Å². The molecule has 2 N–H and O–H groups in total. The van der Waals surface area contributed by atoms with E-state index in [1.165, 1.54) is 18.2 Å². The van der Waals surface area contributed by atoms with Gasteiger partial charge in [-0.25, -0.2) is 4.39 Å². The Kier molecular flexibility index (Phi) is 6.97. The number of hydrogen-bond acceptors (Lipinski definition) is 4. The predicted octanol–water partition coefficient (Wildman–Crippen LogP) is 1.43. The molecule has 0 aliphatic carbocycles. The first-order valence-electron chi connectivity index (χ1n) is 8.70. The second-order valence-corrected chi connectivity index (χ2v) is 6.72. The number of carbonyl (C=O) groups excluding carboxylic acids is 2. The Morgan fingerprint density at radius 1 is 1.08 bits per heavy atom. The standard InChI is InChI=1S/C18H24FN3O3.ClH/c19-15-4-1-3-14(13-15)16(23)21-7-2-8-22(10-9-21)17(24)18(20)5-11-25-12-6-18;/h1,3-4,13H,2,5-12,20H2;1H. The summed E-state index contributed by atoms with van der Waals surface area (Å²) in [5.41, 5.74) is 5.76. The van der Waals surface area contributed by atoms with Gasteiger partial charge in [-0.1, -0.05) is 6.07 Å². The van der Waals surface area contributed by atoms with Crippen LogP contribution in [0.25, 0.3) is 0 Å². The third-order valence-corrected chi connectivity index (χ3v) is 4.95. The second kappa shape index (κ2) is 8.79. The summed E-state index contributed by atoms with van der Waals surface area (Å²) in [6, 6.07) is 5.69. The molecule has 3 rings (SSSR count). The van der Waals surface area contributed by atoms with Gasteiger partial charge in [0.05, 0.1) is 5.54 Å². The number of ether oxygens (including phenoxy) is 1. The van der Waals surface area contributed by atoms with Crippen molar-refractivity contribution in [2.45, 2.75) is 24.8 Å². The second-order valence-electron chi connectivity index (χ2n) is 6.72. The highest BCUT2D eigenvalue weighted by Crippen LogP contribution is 2.21. The Balaban J connectivity index is 0.00000243. The smallest absolute Gasteiger partial charge is 0.254 e. The number of nitrogens with two attached hydrogens (primary N) is 1. The van der Waals surface area contributed by atoms with Gasteiger partial charge in [0.25, 0.3) is 5.91 Å². The van der Waals surface area contributed by atoms with Gasteiger partial charge >= 0.3 is 0 Å². The average Bonchev–Trinajstić information content (AvgIpc) is 2.87. The molecular weight excluding hydrogens is 361 g/mol. The number of nitrogens with zero attached hydrogens (tertiary/aromatic N) is 2. The predicted molar refractivity (Wildman–Crippen MR) is 97.7 cm³/mol. The molecule has 0 atom stereocenters. The number of rotatable bonds is 2. The van der Waals surface area contributed by atoms with Gasteiger partial charge in [-0.2, -0.15) is 0 Å². The SMILES string of the molecule is Cl.NC1(C(=O)N2CCCN(C(=O)c3cccc(F)c3)CC2)CCOCC1. The highest BCUT2D eigenvalue weighted by atomic mass is 35.5. The molecule has 0 unspecified atom stereocenters. The third kappa shape index (κ3) is 4.52. The number of hydrogen-bond donors (Lipinski definition) is 1. The summed E-state index contributed by atoms with van der Waals surface area (Å²) >= 11 is 0. The van der Waals surface area contributed by atoms with Gasteiger partial charge in [-0.15, -0.1) is 12.4 Å². The van der Waals surface area contributed by atoms with Crippen molar-refractivity contribution in [2.75, 3.05) is 39.4 Å². The zero-order chi connectivity index (χ0) is 17.9. The first-order valence-corrected chi connectivity index (χ1v) is 8.70. The number of halogens is 2. The topological polar surface area (TPSA) is 75.9 Å². The monoisotopic (exact) mass is 385 g/mol. The summed E-state index contributed by atoms with van der Waals surface area (Å²) in [6.07, 6.45) is 1.72. The van der Waals surface area contributed by atoms with Gasteiger partial charge in [0.15, 0.2) is 0 Å². The first-order chi connectivity index (χ1) is 12.0. The zero-order valence-corrected chi connectivity index (χ0v) is 15.5. The minimum atomic E-state index is -0.861. The van der Waals surface area contributed by atoms with Crippen LogP contribution in [-0.2, 0) is 9.53 Å². The molecule has 6 nitrogen and oxygen atoms in total. The summed E-state index contributed by atoms with van der Waals surface area (Å²) in [5, 5.41) is 0. The van der Waals surface area contributed by atoms with Crippen LogP contribution in [0.5, 0.6) is 0 Å². The van der Waals surface area contributed by atoms with E-state index >= 15 is 0 Å². The summed E-state index contributed by atoms with van der Waals surface area (Å²) in [5.74, 6) is -0.694. The Bertz CT molecular complexity index is 652. The first kappa shape index (κ1) is 20.6. The van der Waals surface area contributed by atoms with Crippen molar-refractivity contribution < 1.29 is 18.7 Å². The van der Waals surface area contributed by atoms with Crippen LogP contribution in [0.1, 0.15) is 29.6 Å². The largest absolute Gasteiger partial charge is 0.381 e. The van der Waals surface area contributed by atoms with Crippen LogP contribution in [-0.4, -0.2) is 66.5 Å². The van der Waals surface area contributed by atoms with Crippen LogP contribution < -0.4 is 5.73 Å². The molecule has 8 heteroatoms. The lowest BCUT2D eigenvalue weighted by Crippen LogP contribution is -2.58. The van der Waals surface area contributed by atoms with Gasteiger partial charge in [-0.05, 0) is 37.5 Å². The number of amides is 2. The minimum absolute atomic E-state index is 0. The Morgan fingerprint density at radius 2 is 1.73 bits per heavy atom. The van der Waals surface area contributed by atoms with Crippen LogP contribution in [0.4, 0.5) is 4.39 Å². The van der Waals surface area contributed by atoms with Crippen LogP contribution in [0, 0.1) is 5.82 Å². The Hall–Kier alpha value is -1.70. The van der Waals surface area contributed by atoms with Crippen LogP contribution in [0.15, 0.2) is 24.3 Å². The molecule has 2 heterocycles. The van der Waals surface area contributed by atoms with Gasteiger partial charge in [0, 0.05) is 45.0 Å². The van der Waals surface area contributed by atoms with E-state index in [1.807, 2.05) is 0 Å². The molecule has 1 aromatic rings. The van der Waals surface area contributed by atoms with Gasteiger partial charge in [0.2, 0.25) is 5.91 Å². The molecule has 2 aliphatic rings. The maximum atomic E-state index is 13.3. The lowest BCUT2D eigenvalue weighted by molar-refractivity contribution is -0.140. The average molecular weight is 386 g/mol. The Labute approximate surface area is 158 Å². The molecule has 1 aromatic carbocycles. The summed E-state index contributed by atoms with van der Waals surface area (Å²) in [4.78, 5) is 28.8. The van der Waals surface area contributed by atoms with Crippen LogP contribution in [0.3, 0.4) is 0 Å². The molecule has 0 radical (unpaired) electrons. The summed E-state index contributed by atoms with van der Waals surface area (Å²) in [6.45, 7) is 2.99. The highest BCUT2D eigenvalue weighted by Gasteiger charge is 2.39. The number of carbonyl (C=O) groups is 2. The van der Waals surface area contributed by atoms with Crippen LogP contribution in [0.2, 0.25) is 0 Å². The molecular formula is C18H25ClFN3O3. The van der Waals surface area contributed by atoms with Crippen LogP contribution >= 0.6 is 12.4 Å². The minimum Gasteiger partial charge on any atom is -0.381 e. The molecule has 2 amide bonds. The fourth-order valence-electron chi connectivity index (χ4n) is 3.39. The van der Waals surface area contributed by atoms with Crippen molar-refractivity contribution in [1.82, 2.24) is 9.80 Å². The van der Waals surface area contributed by atoms with Crippen molar-refractivity contribution in [2.24, 2.45) is 5.73 Å². The maximum absolute atomic E-state index is 13.3. The van der Waals surface area contributed by atoms with E-state index in [0.717, 1.165) is 0 Å². The zero-order valence-electron chi connectivity index (χ0n) is 14.7. The van der Waals surface area contributed by atoms with E-state index in [1.54, 1.807) is 15.9 Å². The lowest BCUT2D eigenvalue weighted by Gasteiger charge is -2.36. The van der Waals surface area contributed by atoms with E-state index < -0.39 is 11.4 Å². The van der Waals surface area contributed by atoms with Crippen molar-refractivity contribution in [3.05, 3.63) is 35.6 Å². The van der Waals surface area contributed by atoms with Crippen molar-refractivity contribution in [3.63, 3.8) is 0 Å². The maximum Gasteiger partial charge on any atom is 0.254 e. The summed E-state index contributed by atoms with van der Waals surface area (Å²) < 4.78 is 18.6. The summed E-state index contributed by atoms with van der Waals surface area (Å²) in [7, 11) is 0. The van der Waals surface area contributed by atoms with Gasteiger partial charge in [-0.3, -0.25) is 9.59 Å². The molecule has 0 bridgehead atoms. The fourth-order valence-corrected chi connectivity index (χ4v) is 3.39. The third-order valence-electron chi connectivity index (χ3n) is 4.95. The Morgan fingerprint density at radius 3 is 2.42 bits per heavy atom. The normalized spacial score (nSPS) is 20.1. The quantitative estimate of drug-likeness (QED) is 0.835.